The van der Waals surface area contributed by atoms with Crippen LogP contribution in [0.5, 0.6) is 0 Å². The van der Waals surface area contributed by atoms with Gasteiger partial charge in [0.1, 0.15) is 12.5 Å². The van der Waals surface area contributed by atoms with Gasteiger partial charge in [-0.05, 0) is 33.4 Å². The predicted octanol–water partition coefficient (Wildman–Crippen LogP) is -1.73. The Morgan fingerprint density at radius 2 is 2.27 bits per heavy atom. The lowest BCUT2D eigenvalue weighted by Gasteiger charge is -1.92. The van der Waals surface area contributed by atoms with Crippen LogP contribution in [0.2, 0.25) is 0 Å². The van der Waals surface area contributed by atoms with Crippen molar-refractivity contribution in [3.05, 3.63) is 33.9 Å². The van der Waals surface area contributed by atoms with E-state index in [1.165, 1.54) is 6.34 Å². The molecule has 0 bridgehead atoms. The van der Waals surface area contributed by atoms with Crippen molar-refractivity contribution in [3.63, 3.8) is 0 Å². The first-order chi connectivity index (χ1) is 6.88. The summed E-state index contributed by atoms with van der Waals surface area (Å²) in [5, 5.41) is 0. The van der Waals surface area contributed by atoms with Crippen LogP contribution >= 0.6 is 22.6 Å². The first-order valence-electron chi connectivity index (χ1n) is 3.92. The number of hydrogen-bond donors (Lipinski definition) is 0. The highest BCUT2D eigenvalue weighted by Crippen LogP contribution is 2.21. The Morgan fingerprint density at radius 3 is 3.00 bits per heavy atom. The SMILES string of the molecule is IC1=C(c2nccc[nH+]2)N=CN=C=C1.[I-]. The van der Waals surface area contributed by atoms with Gasteiger partial charge in [0, 0.05) is 12.1 Å². The van der Waals surface area contributed by atoms with E-state index in [1.807, 2.05) is 12.3 Å². The first kappa shape index (κ1) is 12.5. The molecule has 2 rings (SSSR count). The Balaban J connectivity index is 0.00000112. The van der Waals surface area contributed by atoms with Crippen LogP contribution in [0.3, 0.4) is 0 Å². The molecule has 15 heavy (non-hydrogen) atoms. The number of nitrogens with zero attached hydrogens (tertiary/aromatic N) is 3. The van der Waals surface area contributed by atoms with Crippen molar-refractivity contribution in [1.29, 1.82) is 0 Å². The van der Waals surface area contributed by atoms with Crippen LogP contribution in [-0.2, 0) is 0 Å². The summed E-state index contributed by atoms with van der Waals surface area (Å²) in [6.07, 6.45) is 6.75. The summed E-state index contributed by atoms with van der Waals surface area (Å²) in [4.78, 5) is 15.2. The quantitative estimate of drug-likeness (QED) is 0.495. The minimum Gasteiger partial charge on any atom is -1.00 e. The van der Waals surface area contributed by atoms with Crippen LogP contribution in [-0.4, -0.2) is 17.2 Å². The molecular weight excluding hydrogens is 418 g/mol. The van der Waals surface area contributed by atoms with E-state index in [0.29, 0.717) is 0 Å². The Morgan fingerprint density at radius 1 is 1.40 bits per heavy atom. The predicted molar refractivity (Wildman–Crippen MR) is 62.2 cm³/mol. The number of allylic oxidation sites excluding steroid dienone is 2. The Labute approximate surface area is 118 Å². The summed E-state index contributed by atoms with van der Waals surface area (Å²) in [5.41, 5.74) is 0.778. The highest BCUT2D eigenvalue weighted by atomic mass is 127. The average molecular weight is 424 g/mol. The van der Waals surface area contributed by atoms with E-state index in [-0.39, 0.29) is 24.0 Å². The third-order valence-electron chi connectivity index (χ3n) is 1.57. The number of H-pyrrole nitrogens is 1. The molecule has 1 aliphatic rings. The average Bonchev–Trinajstić information content (AvgIpc) is 2.44. The van der Waals surface area contributed by atoms with Crippen molar-refractivity contribution in [2.45, 2.75) is 0 Å². The van der Waals surface area contributed by atoms with E-state index in [4.69, 9.17) is 0 Å². The maximum atomic E-state index is 4.17. The third-order valence-corrected chi connectivity index (χ3v) is 2.39. The molecular formula is C9H6I2N4. The lowest BCUT2D eigenvalue weighted by Crippen LogP contribution is -3.00. The molecule has 0 saturated carbocycles. The van der Waals surface area contributed by atoms with Gasteiger partial charge in [-0.3, -0.25) is 0 Å². The highest BCUT2D eigenvalue weighted by Gasteiger charge is 2.13. The highest BCUT2D eigenvalue weighted by molar-refractivity contribution is 14.1. The number of aromatic nitrogens is 2. The zero-order valence-electron chi connectivity index (χ0n) is 7.48. The van der Waals surface area contributed by atoms with Gasteiger partial charge in [0.15, 0.2) is 5.70 Å². The lowest BCUT2D eigenvalue weighted by molar-refractivity contribution is -0.386. The fraction of sp³-hybridized carbons (Fsp3) is 0. The molecule has 0 fully saturated rings. The van der Waals surface area contributed by atoms with Gasteiger partial charge in [-0.15, -0.1) is 0 Å². The molecule has 0 aliphatic carbocycles. The van der Waals surface area contributed by atoms with Crippen LogP contribution in [0.15, 0.2) is 38.1 Å². The second-order valence-corrected chi connectivity index (χ2v) is 3.64. The van der Waals surface area contributed by atoms with Crippen LogP contribution in [0.4, 0.5) is 0 Å². The molecule has 0 atom stereocenters. The molecule has 4 nitrogen and oxygen atoms in total. The standard InChI is InChI=1S/C9H5IN4.HI/c10-7-2-5-11-6-14-8(7)9-12-3-1-4-13-9;/h1-4,6H;1H. The normalized spacial score (nSPS) is 13.7. The van der Waals surface area contributed by atoms with Gasteiger partial charge in [-0.25, -0.2) is 9.98 Å². The van der Waals surface area contributed by atoms with E-state index in [1.54, 1.807) is 12.3 Å². The monoisotopic (exact) mass is 424 g/mol. The molecule has 2 heterocycles. The molecule has 0 saturated heterocycles. The van der Waals surface area contributed by atoms with Crippen molar-refractivity contribution < 1.29 is 29.0 Å². The van der Waals surface area contributed by atoms with Crippen LogP contribution in [0.1, 0.15) is 5.82 Å². The molecule has 1 aliphatic heterocycles. The van der Waals surface area contributed by atoms with Gasteiger partial charge in [-0.1, -0.05) is 0 Å². The molecule has 76 valence electrons. The zero-order chi connectivity index (χ0) is 9.80. The zero-order valence-corrected chi connectivity index (χ0v) is 11.8. The summed E-state index contributed by atoms with van der Waals surface area (Å²) < 4.78 is 0.954. The molecule has 0 radical (unpaired) electrons. The molecule has 6 heteroatoms. The molecule has 1 aromatic rings. The fourth-order valence-corrected chi connectivity index (χ4v) is 1.51. The number of aromatic amines is 1. The number of rotatable bonds is 1. The largest absolute Gasteiger partial charge is 1.00 e. The maximum Gasteiger partial charge on any atom is 0.347 e. The number of nitrogens with one attached hydrogen (secondary N) is 1. The minimum absolute atomic E-state index is 0. The number of hydrogen-bond acceptors (Lipinski definition) is 3. The Bertz CT molecular complexity index is 458. The lowest BCUT2D eigenvalue weighted by atomic mass is 10.3. The second kappa shape index (κ2) is 6.09. The van der Waals surface area contributed by atoms with Gasteiger partial charge in [0.05, 0.1) is 9.78 Å². The number of halogens is 2. The van der Waals surface area contributed by atoms with Crippen molar-refractivity contribution >= 4 is 40.5 Å². The topological polar surface area (TPSA) is 51.8 Å². The van der Waals surface area contributed by atoms with Crippen molar-refractivity contribution in [3.8, 4) is 0 Å². The number of aliphatic imine (C=N–C) groups is 2. The van der Waals surface area contributed by atoms with Gasteiger partial charge >= 0.3 is 5.82 Å². The smallest absolute Gasteiger partial charge is 0.347 e. The van der Waals surface area contributed by atoms with Crippen molar-refractivity contribution in [2.24, 2.45) is 9.98 Å². The Kier molecular flexibility index (Phi) is 5.06. The van der Waals surface area contributed by atoms with Gasteiger partial charge in [-0.2, -0.15) is 4.99 Å². The van der Waals surface area contributed by atoms with E-state index < -0.39 is 0 Å². The van der Waals surface area contributed by atoms with Crippen molar-refractivity contribution in [2.75, 3.05) is 0 Å². The second-order valence-electron chi connectivity index (χ2n) is 2.47. The maximum absolute atomic E-state index is 4.17. The molecule has 0 unspecified atom stereocenters. The summed E-state index contributed by atoms with van der Waals surface area (Å²) in [6, 6.07) is 1.82. The van der Waals surface area contributed by atoms with Gasteiger partial charge in [0.25, 0.3) is 0 Å². The third kappa shape index (κ3) is 3.18. The molecule has 0 spiro atoms. The van der Waals surface area contributed by atoms with Gasteiger partial charge < -0.3 is 24.0 Å². The molecule has 1 aromatic heterocycles. The van der Waals surface area contributed by atoms with Crippen LogP contribution in [0.25, 0.3) is 5.70 Å². The summed E-state index contributed by atoms with van der Waals surface area (Å²) in [5.74, 6) is 3.47. The summed E-state index contributed by atoms with van der Waals surface area (Å²) >= 11 is 2.17. The van der Waals surface area contributed by atoms with E-state index in [2.05, 4.69) is 48.4 Å². The van der Waals surface area contributed by atoms with E-state index >= 15 is 0 Å². The van der Waals surface area contributed by atoms with E-state index in [9.17, 15) is 0 Å². The minimum atomic E-state index is 0. The fourth-order valence-electron chi connectivity index (χ4n) is 0.973. The first-order valence-corrected chi connectivity index (χ1v) is 5.00. The molecule has 0 aromatic carbocycles. The molecule has 0 amide bonds. The molecule has 1 N–H and O–H groups in total. The Hall–Kier alpha value is -0.600. The summed E-state index contributed by atoms with van der Waals surface area (Å²) in [7, 11) is 0. The van der Waals surface area contributed by atoms with Crippen LogP contribution in [0, 0.1) is 0 Å². The van der Waals surface area contributed by atoms with Gasteiger partial charge in [0.2, 0.25) is 0 Å². The summed E-state index contributed by atoms with van der Waals surface area (Å²) in [6.45, 7) is 0. The van der Waals surface area contributed by atoms with Crippen molar-refractivity contribution in [1.82, 2.24) is 4.98 Å². The van der Waals surface area contributed by atoms with E-state index in [0.717, 1.165) is 15.1 Å². The van der Waals surface area contributed by atoms with Crippen LogP contribution < -0.4 is 29.0 Å².